The van der Waals surface area contributed by atoms with Gasteiger partial charge in [0.2, 0.25) is 0 Å². The van der Waals surface area contributed by atoms with Crippen molar-refractivity contribution in [2.75, 3.05) is 13.1 Å². The van der Waals surface area contributed by atoms with Crippen molar-refractivity contribution in [3.05, 3.63) is 53.1 Å². The minimum Gasteiger partial charge on any atom is -0.334 e. The molecule has 0 unspecified atom stereocenters. The van der Waals surface area contributed by atoms with Crippen LogP contribution in [0.2, 0.25) is 0 Å². The normalized spacial score (nSPS) is 14.8. The van der Waals surface area contributed by atoms with E-state index in [-0.39, 0.29) is 18.2 Å². The number of urea groups is 1. The standard InChI is InChI=1S/C19H22F3N5O/c1-12(2)27-11-18(24-25-27)13-4-3-6-26(7-5-13)19(28)23-10-15-16(21)8-14(20)9-17(15)22/h4,8-9,11-12H,3,5-7,10H2,1-2H3,(H,23,28). The van der Waals surface area contributed by atoms with E-state index < -0.39 is 23.5 Å². The molecule has 0 aliphatic carbocycles. The van der Waals surface area contributed by atoms with Gasteiger partial charge in [-0.2, -0.15) is 0 Å². The molecule has 0 radical (unpaired) electrons. The molecule has 150 valence electrons. The molecule has 9 heteroatoms. The lowest BCUT2D eigenvalue weighted by atomic mass is 10.1. The predicted molar refractivity (Wildman–Crippen MR) is 97.7 cm³/mol. The van der Waals surface area contributed by atoms with Crippen LogP contribution < -0.4 is 5.32 Å². The maximum atomic E-state index is 13.7. The Morgan fingerprint density at radius 1 is 1.21 bits per heavy atom. The van der Waals surface area contributed by atoms with E-state index in [9.17, 15) is 18.0 Å². The molecule has 1 N–H and O–H groups in total. The minimum atomic E-state index is -1.02. The highest BCUT2D eigenvalue weighted by Crippen LogP contribution is 2.21. The van der Waals surface area contributed by atoms with Crippen molar-refractivity contribution in [2.45, 2.75) is 39.3 Å². The molecule has 3 rings (SSSR count). The van der Waals surface area contributed by atoms with Gasteiger partial charge in [-0.05, 0) is 32.3 Å². The molecule has 0 spiro atoms. The molecular formula is C19H22F3N5O. The highest BCUT2D eigenvalue weighted by Gasteiger charge is 2.19. The number of hydrogen-bond acceptors (Lipinski definition) is 3. The quantitative estimate of drug-likeness (QED) is 0.862. The number of halogens is 3. The summed E-state index contributed by atoms with van der Waals surface area (Å²) in [5, 5.41) is 10.8. The van der Waals surface area contributed by atoms with Gasteiger partial charge in [-0.15, -0.1) is 5.10 Å². The summed E-state index contributed by atoms with van der Waals surface area (Å²) in [4.78, 5) is 14.0. The van der Waals surface area contributed by atoms with E-state index in [1.807, 2.05) is 26.1 Å². The van der Waals surface area contributed by atoms with Gasteiger partial charge in [-0.25, -0.2) is 22.6 Å². The Morgan fingerprint density at radius 2 is 1.93 bits per heavy atom. The molecule has 0 saturated heterocycles. The largest absolute Gasteiger partial charge is 0.334 e. The van der Waals surface area contributed by atoms with Crippen LogP contribution in [0.1, 0.15) is 44.0 Å². The van der Waals surface area contributed by atoms with Crippen molar-refractivity contribution < 1.29 is 18.0 Å². The first kappa shape index (κ1) is 19.9. The van der Waals surface area contributed by atoms with E-state index in [0.717, 1.165) is 11.3 Å². The molecule has 0 saturated carbocycles. The van der Waals surface area contributed by atoms with Gasteiger partial charge in [0, 0.05) is 36.8 Å². The average Bonchev–Trinajstić information content (AvgIpc) is 2.99. The zero-order chi connectivity index (χ0) is 20.3. The highest BCUT2D eigenvalue weighted by atomic mass is 19.1. The highest BCUT2D eigenvalue weighted by molar-refractivity contribution is 5.75. The third kappa shape index (κ3) is 4.52. The number of carbonyl (C=O) groups excluding carboxylic acids is 1. The molecule has 0 fully saturated rings. The van der Waals surface area contributed by atoms with Crippen molar-refractivity contribution >= 4 is 11.6 Å². The van der Waals surface area contributed by atoms with Crippen LogP contribution in [0.15, 0.2) is 24.4 Å². The van der Waals surface area contributed by atoms with Crippen molar-refractivity contribution in [1.82, 2.24) is 25.2 Å². The third-order valence-electron chi connectivity index (χ3n) is 4.62. The van der Waals surface area contributed by atoms with E-state index in [2.05, 4.69) is 15.6 Å². The van der Waals surface area contributed by atoms with Crippen molar-refractivity contribution in [1.29, 1.82) is 0 Å². The summed E-state index contributed by atoms with van der Waals surface area (Å²) >= 11 is 0. The Bertz CT molecular complexity index is 870. The summed E-state index contributed by atoms with van der Waals surface area (Å²) in [6.07, 6.45) is 5.15. The van der Waals surface area contributed by atoms with Crippen molar-refractivity contribution in [2.24, 2.45) is 0 Å². The lowest BCUT2D eigenvalue weighted by Gasteiger charge is -2.21. The van der Waals surface area contributed by atoms with Gasteiger partial charge in [0.1, 0.15) is 23.1 Å². The number of amides is 2. The van der Waals surface area contributed by atoms with E-state index in [0.29, 0.717) is 38.1 Å². The molecule has 2 amide bonds. The monoisotopic (exact) mass is 393 g/mol. The first-order chi connectivity index (χ1) is 13.3. The van der Waals surface area contributed by atoms with Crippen LogP contribution in [0.4, 0.5) is 18.0 Å². The molecule has 6 nitrogen and oxygen atoms in total. The molecule has 28 heavy (non-hydrogen) atoms. The van der Waals surface area contributed by atoms with Crippen LogP contribution in [-0.2, 0) is 6.54 Å². The van der Waals surface area contributed by atoms with Gasteiger partial charge in [-0.1, -0.05) is 11.3 Å². The van der Waals surface area contributed by atoms with Crippen LogP contribution in [0.5, 0.6) is 0 Å². The van der Waals surface area contributed by atoms with Crippen LogP contribution in [0.25, 0.3) is 5.57 Å². The Labute approximate surface area is 161 Å². The number of nitrogens with one attached hydrogen (secondary N) is 1. The second kappa shape index (κ2) is 8.45. The Kier molecular flexibility index (Phi) is 6.01. The number of hydrogen-bond donors (Lipinski definition) is 1. The summed E-state index contributed by atoms with van der Waals surface area (Å²) in [6, 6.07) is 0.972. The first-order valence-corrected chi connectivity index (χ1v) is 9.12. The average molecular weight is 393 g/mol. The zero-order valence-corrected chi connectivity index (χ0v) is 15.8. The summed E-state index contributed by atoms with van der Waals surface area (Å²) in [7, 11) is 0. The van der Waals surface area contributed by atoms with Crippen LogP contribution >= 0.6 is 0 Å². The van der Waals surface area contributed by atoms with Gasteiger partial charge in [-0.3, -0.25) is 0 Å². The topological polar surface area (TPSA) is 63.1 Å². The van der Waals surface area contributed by atoms with Crippen molar-refractivity contribution in [3.63, 3.8) is 0 Å². The molecular weight excluding hydrogens is 371 g/mol. The number of aromatic nitrogens is 3. The Morgan fingerprint density at radius 3 is 2.57 bits per heavy atom. The van der Waals surface area contributed by atoms with Crippen molar-refractivity contribution in [3.8, 4) is 0 Å². The van der Waals surface area contributed by atoms with E-state index in [4.69, 9.17) is 0 Å². The minimum absolute atomic E-state index is 0.210. The summed E-state index contributed by atoms with van der Waals surface area (Å²) in [5.74, 6) is -3.04. The molecule has 2 aromatic rings. The molecule has 0 atom stereocenters. The number of carbonyl (C=O) groups is 1. The second-order valence-electron chi connectivity index (χ2n) is 6.94. The molecule has 1 aromatic carbocycles. The molecule has 1 aliphatic heterocycles. The summed E-state index contributed by atoms with van der Waals surface area (Å²) in [5.41, 5.74) is 1.43. The fourth-order valence-corrected chi connectivity index (χ4v) is 2.99. The maximum absolute atomic E-state index is 13.7. The molecule has 1 aromatic heterocycles. The lowest BCUT2D eigenvalue weighted by Crippen LogP contribution is -2.40. The van der Waals surface area contributed by atoms with Gasteiger partial charge in [0.15, 0.2) is 0 Å². The van der Waals surface area contributed by atoms with Gasteiger partial charge < -0.3 is 10.2 Å². The number of nitrogens with zero attached hydrogens (tertiary/aromatic N) is 4. The van der Waals surface area contributed by atoms with E-state index in [1.165, 1.54) is 0 Å². The smallest absolute Gasteiger partial charge is 0.317 e. The van der Waals surface area contributed by atoms with Crippen LogP contribution in [0.3, 0.4) is 0 Å². The second-order valence-corrected chi connectivity index (χ2v) is 6.94. The number of benzene rings is 1. The van der Waals surface area contributed by atoms with E-state index >= 15 is 0 Å². The van der Waals surface area contributed by atoms with Gasteiger partial charge in [0.25, 0.3) is 0 Å². The Hall–Kier alpha value is -2.84. The van der Waals surface area contributed by atoms with Gasteiger partial charge in [0.05, 0.1) is 12.7 Å². The molecule has 0 bridgehead atoms. The fourth-order valence-electron chi connectivity index (χ4n) is 2.99. The predicted octanol–water partition coefficient (Wildman–Crippen LogP) is 3.67. The van der Waals surface area contributed by atoms with E-state index in [1.54, 1.807) is 9.58 Å². The molecule has 1 aliphatic rings. The summed E-state index contributed by atoms with van der Waals surface area (Å²) in [6.45, 7) is 4.59. The SMILES string of the molecule is CC(C)n1cc(C2=CCCN(C(=O)NCc3c(F)cc(F)cc3F)CC2)nn1. The number of rotatable bonds is 4. The fraction of sp³-hybridized carbons (Fsp3) is 0.421. The van der Waals surface area contributed by atoms with Crippen LogP contribution in [0, 0.1) is 17.5 Å². The Balaban J connectivity index is 1.58. The summed E-state index contributed by atoms with van der Waals surface area (Å²) < 4.78 is 42.1. The maximum Gasteiger partial charge on any atom is 0.317 e. The molecule has 2 heterocycles. The zero-order valence-electron chi connectivity index (χ0n) is 15.8. The lowest BCUT2D eigenvalue weighted by molar-refractivity contribution is 0.200. The first-order valence-electron chi connectivity index (χ1n) is 9.12. The van der Waals surface area contributed by atoms with Gasteiger partial charge >= 0.3 is 6.03 Å². The van der Waals surface area contributed by atoms with Crippen LogP contribution in [-0.4, -0.2) is 39.0 Å². The third-order valence-corrected chi connectivity index (χ3v) is 4.62.